The van der Waals surface area contributed by atoms with Gasteiger partial charge < -0.3 is 10.1 Å². The van der Waals surface area contributed by atoms with Crippen molar-refractivity contribution in [2.45, 2.75) is 52.6 Å². The van der Waals surface area contributed by atoms with Gasteiger partial charge in [-0.05, 0) is 60.6 Å². The van der Waals surface area contributed by atoms with Gasteiger partial charge >= 0.3 is 0 Å². The lowest BCUT2D eigenvalue weighted by atomic mass is 9.97. The van der Waals surface area contributed by atoms with E-state index in [1.165, 1.54) is 22.3 Å². The lowest BCUT2D eigenvalue weighted by molar-refractivity contribution is -0.116. The van der Waals surface area contributed by atoms with E-state index in [9.17, 15) is 4.79 Å². The van der Waals surface area contributed by atoms with Crippen molar-refractivity contribution >= 4 is 11.6 Å². The van der Waals surface area contributed by atoms with E-state index >= 15 is 0 Å². The Morgan fingerprint density at radius 2 is 1.77 bits per heavy atom. The summed E-state index contributed by atoms with van der Waals surface area (Å²) in [6.07, 6.45) is 1.67. The van der Waals surface area contributed by atoms with Crippen LogP contribution in [0.25, 0.3) is 11.1 Å². The third kappa shape index (κ3) is 4.16. The zero-order chi connectivity index (χ0) is 18.7. The molecule has 3 rings (SSSR count). The number of rotatable bonds is 7. The second kappa shape index (κ2) is 8.05. The first-order chi connectivity index (χ1) is 12.5. The number of fused-ring (bicyclic) bond motifs is 3. The molecular formula is C23H29NO2. The minimum atomic E-state index is 0.0872. The Hall–Kier alpha value is -2.13. The molecule has 0 bridgehead atoms. The fraction of sp³-hybridized carbons (Fsp3) is 0.435. The number of nitrogens with one attached hydrogen (secondary N) is 1. The molecule has 0 fully saturated rings. The van der Waals surface area contributed by atoms with Crippen LogP contribution in [0.2, 0.25) is 0 Å². The van der Waals surface area contributed by atoms with Gasteiger partial charge in [-0.2, -0.15) is 0 Å². The lowest BCUT2D eigenvalue weighted by Gasteiger charge is -2.17. The number of ether oxygens (including phenoxy) is 1. The molecule has 26 heavy (non-hydrogen) atoms. The van der Waals surface area contributed by atoms with Crippen LogP contribution in [0.3, 0.4) is 0 Å². The van der Waals surface area contributed by atoms with Crippen LogP contribution < -0.4 is 5.32 Å². The summed E-state index contributed by atoms with van der Waals surface area (Å²) in [5.74, 6) is 0.841. The second-order valence-electron chi connectivity index (χ2n) is 7.80. The Kier molecular flexibility index (Phi) is 5.77. The van der Waals surface area contributed by atoms with E-state index in [2.05, 4.69) is 69.4 Å². The molecule has 1 N–H and O–H groups in total. The molecule has 1 atom stereocenters. The maximum absolute atomic E-state index is 12.2. The van der Waals surface area contributed by atoms with Crippen molar-refractivity contribution in [3.63, 3.8) is 0 Å². The third-order valence-electron chi connectivity index (χ3n) is 4.88. The van der Waals surface area contributed by atoms with Crippen molar-refractivity contribution in [2.75, 3.05) is 11.9 Å². The number of anilines is 1. The second-order valence-corrected chi connectivity index (χ2v) is 7.80. The van der Waals surface area contributed by atoms with Gasteiger partial charge in [0.05, 0.1) is 12.7 Å². The Bertz CT molecular complexity index is 780. The van der Waals surface area contributed by atoms with Gasteiger partial charge in [-0.15, -0.1) is 0 Å². The normalized spacial score (nSPS) is 15.2. The molecule has 0 heterocycles. The monoisotopic (exact) mass is 351 g/mol. The topological polar surface area (TPSA) is 38.3 Å². The van der Waals surface area contributed by atoms with Crippen molar-refractivity contribution in [1.82, 2.24) is 0 Å². The number of amides is 1. The van der Waals surface area contributed by atoms with Crippen molar-refractivity contribution < 1.29 is 9.53 Å². The molecule has 0 aromatic heterocycles. The molecule has 2 aromatic carbocycles. The first-order valence-electron chi connectivity index (χ1n) is 9.60. The van der Waals surface area contributed by atoms with Crippen LogP contribution in [-0.4, -0.2) is 18.6 Å². The lowest BCUT2D eigenvalue weighted by Crippen LogP contribution is -2.14. The fourth-order valence-corrected chi connectivity index (χ4v) is 3.50. The minimum absolute atomic E-state index is 0.0872. The van der Waals surface area contributed by atoms with Crippen molar-refractivity contribution in [3.8, 4) is 11.1 Å². The summed E-state index contributed by atoms with van der Waals surface area (Å²) in [4.78, 5) is 12.2. The van der Waals surface area contributed by atoms with Gasteiger partial charge in [0.15, 0.2) is 0 Å². The highest BCUT2D eigenvalue weighted by Gasteiger charge is 2.29. The zero-order valence-electron chi connectivity index (χ0n) is 16.2. The standard InChI is InChI=1S/C23H29NO2/c1-15(2)9-12-23(25)24-17-10-11-20-18-7-5-6-8-19(18)22(21(20)13-17)14-26-16(3)4/h5-8,10-11,13,15-16,22H,9,12,14H2,1-4H3,(H,24,25)/t22-/m0/s1. The summed E-state index contributed by atoms with van der Waals surface area (Å²) < 4.78 is 5.94. The van der Waals surface area contributed by atoms with E-state index in [0.29, 0.717) is 18.9 Å². The first-order valence-corrected chi connectivity index (χ1v) is 9.60. The quantitative estimate of drug-likeness (QED) is 0.705. The number of carbonyl (C=O) groups excluding carboxylic acids is 1. The summed E-state index contributed by atoms with van der Waals surface area (Å²) in [6, 6.07) is 14.8. The predicted molar refractivity (Wildman–Crippen MR) is 108 cm³/mol. The molecule has 138 valence electrons. The van der Waals surface area contributed by atoms with Gasteiger partial charge in [-0.3, -0.25) is 4.79 Å². The fourth-order valence-electron chi connectivity index (χ4n) is 3.50. The molecule has 1 aliphatic rings. The Morgan fingerprint density at radius 1 is 1.04 bits per heavy atom. The maximum atomic E-state index is 12.2. The van der Waals surface area contributed by atoms with E-state index in [1.54, 1.807) is 0 Å². The average molecular weight is 351 g/mol. The SMILES string of the molecule is CC(C)CCC(=O)Nc1ccc2c(c1)[C@@H](COC(C)C)c1ccccc1-2. The third-order valence-corrected chi connectivity index (χ3v) is 4.88. The van der Waals surface area contributed by atoms with Crippen LogP contribution in [0.15, 0.2) is 42.5 Å². The van der Waals surface area contributed by atoms with E-state index in [-0.39, 0.29) is 17.9 Å². The summed E-state index contributed by atoms with van der Waals surface area (Å²) in [5, 5.41) is 3.06. The van der Waals surface area contributed by atoms with Gasteiger partial charge in [0.25, 0.3) is 0 Å². The molecule has 1 amide bonds. The Balaban J connectivity index is 1.84. The molecule has 1 aliphatic carbocycles. The van der Waals surface area contributed by atoms with Crippen molar-refractivity contribution in [2.24, 2.45) is 5.92 Å². The smallest absolute Gasteiger partial charge is 0.224 e. The summed E-state index contributed by atoms with van der Waals surface area (Å²) >= 11 is 0. The average Bonchev–Trinajstić information content (AvgIpc) is 2.91. The molecule has 0 spiro atoms. The van der Waals surface area contributed by atoms with E-state index in [0.717, 1.165) is 12.1 Å². The molecule has 0 saturated heterocycles. The summed E-state index contributed by atoms with van der Waals surface area (Å²) in [5.41, 5.74) is 5.95. The van der Waals surface area contributed by atoms with Crippen LogP contribution in [0, 0.1) is 5.92 Å². The highest BCUT2D eigenvalue weighted by atomic mass is 16.5. The highest BCUT2D eigenvalue weighted by Crippen LogP contribution is 2.45. The zero-order valence-corrected chi connectivity index (χ0v) is 16.2. The predicted octanol–water partition coefficient (Wildman–Crippen LogP) is 5.60. The largest absolute Gasteiger partial charge is 0.378 e. The number of hydrogen-bond acceptors (Lipinski definition) is 2. The van der Waals surface area contributed by atoms with Crippen LogP contribution in [-0.2, 0) is 9.53 Å². The maximum Gasteiger partial charge on any atom is 0.224 e. The van der Waals surface area contributed by atoms with Gasteiger partial charge in [0.2, 0.25) is 5.91 Å². The Labute approximate surface area is 156 Å². The van der Waals surface area contributed by atoms with Crippen LogP contribution in [0.1, 0.15) is 57.6 Å². The van der Waals surface area contributed by atoms with Crippen molar-refractivity contribution in [3.05, 3.63) is 53.6 Å². The van der Waals surface area contributed by atoms with E-state index < -0.39 is 0 Å². The molecular weight excluding hydrogens is 322 g/mol. The summed E-state index contributed by atoms with van der Waals surface area (Å²) in [7, 11) is 0. The van der Waals surface area contributed by atoms with Crippen LogP contribution in [0.5, 0.6) is 0 Å². The van der Waals surface area contributed by atoms with Gasteiger partial charge in [-0.1, -0.05) is 44.2 Å². The number of hydrogen-bond donors (Lipinski definition) is 1. The minimum Gasteiger partial charge on any atom is -0.378 e. The molecule has 0 unspecified atom stereocenters. The molecule has 0 radical (unpaired) electrons. The first kappa shape index (κ1) is 18.7. The number of carbonyl (C=O) groups is 1. The van der Waals surface area contributed by atoms with E-state index in [1.807, 2.05) is 6.07 Å². The van der Waals surface area contributed by atoms with Crippen molar-refractivity contribution in [1.29, 1.82) is 0 Å². The van der Waals surface area contributed by atoms with Gasteiger partial charge in [0, 0.05) is 18.0 Å². The van der Waals surface area contributed by atoms with Crippen LogP contribution in [0.4, 0.5) is 5.69 Å². The molecule has 3 nitrogen and oxygen atoms in total. The molecule has 3 heteroatoms. The highest BCUT2D eigenvalue weighted by molar-refractivity contribution is 5.92. The molecule has 0 saturated carbocycles. The van der Waals surface area contributed by atoms with E-state index in [4.69, 9.17) is 4.74 Å². The van der Waals surface area contributed by atoms with Gasteiger partial charge in [0.1, 0.15) is 0 Å². The van der Waals surface area contributed by atoms with Gasteiger partial charge in [-0.25, -0.2) is 0 Å². The molecule has 2 aromatic rings. The number of benzene rings is 2. The Morgan fingerprint density at radius 3 is 2.50 bits per heavy atom. The summed E-state index contributed by atoms with van der Waals surface area (Å²) in [6.45, 7) is 9.06. The molecule has 0 aliphatic heterocycles. The van der Waals surface area contributed by atoms with Crippen LogP contribution >= 0.6 is 0 Å².